The third kappa shape index (κ3) is 8.99. The molecule has 0 saturated carbocycles. The number of aromatic amines is 1. The summed E-state index contributed by atoms with van der Waals surface area (Å²) in [7, 11) is 4.62. The molecule has 2 heterocycles. The van der Waals surface area contributed by atoms with Crippen LogP contribution in [0.2, 0.25) is 0 Å². The van der Waals surface area contributed by atoms with Crippen LogP contribution in [-0.2, 0) is 27.3 Å². The highest BCUT2D eigenvalue weighted by atomic mass is 19.1. The smallest absolute Gasteiger partial charge is 0.405 e. The molecule has 0 aliphatic heterocycles. The van der Waals surface area contributed by atoms with Crippen LogP contribution in [0.1, 0.15) is 51.4 Å². The van der Waals surface area contributed by atoms with Crippen molar-refractivity contribution in [3.05, 3.63) is 70.2 Å². The van der Waals surface area contributed by atoms with Gasteiger partial charge in [-0.25, -0.2) is 14.2 Å². The number of halogens is 1. The minimum atomic E-state index is -1.66. The minimum Gasteiger partial charge on any atom is -0.465 e. The molecule has 3 aromatic rings. The lowest BCUT2D eigenvalue weighted by molar-refractivity contribution is -0.124. The van der Waals surface area contributed by atoms with Gasteiger partial charge in [-0.15, -0.1) is 0 Å². The van der Waals surface area contributed by atoms with E-state index >= 15 is 0 Å². The number of likely N-dealkylation sites (N-methyl/N-ethyl adjacent to an activating group) is 1. The van der Waals surface area contributed by atoms with Gasteiger partial charge in [-0.2, -0.15) is 0 Å². The Morgan fingerprint density at radius 2 is 1.93 bits per heavy atom. The van der Waals surface area contributed by atoms with Crippen molar-refractivity contribution in [2.24, 2.45) is 5.41 Å². The second-order valence-corrected chi connectivity index (χ2v) is 12.1. The standard InChI is InChI=1S/C31H41FN6O6/c1-30(2,3)18-20-16-21(32)17-23-26(20)35-24(33-23)19-38-14-9-10-22(27(38)40)34-28(41)31(13-15-44-6,36-29(42)43)12-8-7-11-25(39)37(4)5/h7,9-11,14,16-17,36H,8,12-13,15,18-19H2,1-6H3,(H,33,35)(H,34,41)(H,42,43). The first-order chi connectivity index (χ1) is 20.6. The Kier molecular flexibility index (Phi) is 11.0. The number of carbonyl (C=O) groups excluding carboxylic acids is 2. The molecule has 0 fully saturated rings. The van der Waals surface area contributed by atoms with Crippen LogP contribution in [0.3, 0.4) is 0 Å². The summed E-state index contributed by atoms with van der Waals surface area (Å²) in [5.41, 5.74) is -0.485. The van der Waals surface area contributed by atoms with Crippen molar-refractivity contribution < 1.29 is 28.6 Å². The molecule has 44 heavy (non-hydrogen) atoms. The van der Waals surface area contributed by atoms with E-state index in [0.717, 1.165) is 5.56 Å². The number of pyridine rings is 1. The van der Waals surface area contributed by atoms with E-state index in [0.29, 0.717) is 23.3 Å². The van der Waals surface area contributed by atoms with Gasteiger partial charge < -0.3 is 34.9 Å². The summed E-state index contributed by atoms with van der Waals surface area (Å²) in [5.74, 6) is -0.967. The largest absolute Gasteiger partial charge is 0.465 e. The lowest BCUT2D eigenvalue weighted by atomic mass is 9.87. The Morgan fingerprint density at radius 3 is 2.57 bits per heavy atom. The first-order valence-electron chi connectivity index (χ1n) is 14.2. The fourth-order valence-electron chi connectivity index (χ4n) is 4.82. The van der Waals surface area contributed by atoms with Gasteiger partial charge in [0.25, 0.3) is 11.5 Å². The molecule has 1 unspecified atom stereocenters. The Balaban J connectivity index is 1.89. The van der Waals surface area contributed by atoms with Crippen molar-refractivity contribution >= 4 is 34.6 Å². The predicted octanol–water partition coefficient (Wildman–Crippen LogP) is 3.91. The van der Waals surface area contributed by atoms with E-state index in [9.17, 15) is 28.7 Å². The molecule has 0 bridgehead atoms. The number of anilines is 1. The maximum absolute atomic E-state index is 14.4. The summed E-state index contributed by atoms with van der Waals surface area (Å²) in [6, 6.07) is 5.82. The molecule has 0 radical (unpaired) electrons. The number of nitrogens with zero attached hydrogens (tertiary/aromatic N) is 3. The van der Waals surface area contributed by atoms with Gasteiger partial charge in [0.15, 0.2) is 0 Å². The molecule has 1 atom stereocenters. The molecule has 0 saturated heterocycles. The normalized spacial score (nSPS) is 13.2. The molecule has 3 amide bonds. The number of rotatable bonds is 13. The molecule has 12 nitrogen and oxygen atoms in total. The highest BCUT2D eigenvalue weighted by molar-refractivity contribution is 5.99. The molecule has 4 N–H and O–H groups in total. The van der Waals surface area contributed by atoms with Crippen LogP contribution in [0.25, 0.3) is 11.0 Å². The fraction of sp³-hybridized carbons (Fsp3) is 0.452. The van der Waals surface area contributed by atoms with Gasteiger partial charge >= 0.3 is 6.09 Å². The van der Waals surface area contributed by atoms with Crippen LogP contribution in [0.5, 0.6) is 0 Å². The molecule has 238 valence electrons. The van der Waals surface area contributed by atoms with Gasteiger partial charge in [-0.1, -0.05) is 26.8 Å². The monoisotopic (exact) mass is 612 g/mol. The number of hydrogen-bond donors (Lipinski definition) is 4. The zero-order valence-corrected chi connectivity index (χ0v) is 26.0. The summed E-state index contributed by atoms with van der Waals surface area (Å²) < 4.78 is 20.8. The first-order valence-corrected chi connectivity index (χ1v) is 14.2. The van der Waals surface area contributed by atoms with Crippen LogP contribution >= 0.6 is 0 Å². The van der Waals surface area contributed by atoms with Crippen LogP contribution in [0.15, 0.2) is 47.4 Å². The first kappa shape index (κ1) is 34.0. The molecular weight excluding hydrogens is 571 g/mol. The van der Waals surface area contributed by atoms with E-state index in [-0.39, 0.29) is 55.2 Å². The number of H-pyrrole nitrogens is 1. The van der Waals surface area contributed by atoms with E-state index in [1.807, 2.05) is 0 Å². The number of aromatic nitrogens is 3. The number of allylic oxidation sites excluding steroid dienone is 1. The van der Waals surface area contributed by atoms with Crippen molar-refractivity contribution in [3.8, 4) is 0 Å². The van der Waals surface area contributed by atoms with Crippen LogP contribution < -0.4 is 16.2 Å². The summed E-state index contributed by atoms with van der Waals surface area (Å²) in [4.78, 5) is 59.9. The van der Waals surface area contributed by atoms with Gasteiger partial charge in [0.05, 0.1) is 17.6 Å². The number of hydrogen-bond acceptors (Lipinski definition) is 6. The van der Waals surface area contributed by atoms with E-state index in [1.54, 1.807) is 26.2 Å². The molecule has 0 aliphatic carbocycles. The number of methoxy groups -OCH3 is 1. The van der Waals surface area contributed by atoms with Crippen molar-refractivity contribution in [2.75, 3.05) is 33.1 Å². The average Bonchev–Trinajstić information content (AvgIpc) is 3.32. The number of ether oxygens (including phenoxy) is 1. The van der Waals surface area contributed by atoms with E-state index in [4.69, 9.17) is 4.74 Å². The van der Waals surface area contributed by atoms with Gasteiger partial charge in [0.1, 0.15) is 22.9 Å². The zero-order chi connectivity index (χ0) is 32.7. The van der Waals surface area contributed by atoms with E-state index in [2.05, 4.69) is 41.4 Å². The molecule has 0 aliphatic rings. The predicted molar refractivity (Wildman–Crippen MR) is 165 cm³/mol. The fourth-order valence-corrected chi connectivity index (χ4v) is 4.82. The zero-order valence-electron chi connectivity index (χ0n) is 26.0. The van der Waals surface area contributed by atoms with Gasteiger partial charge in [-0.05, 0) is 60.6 Å². The second-order valence-electron chi connectivity index (χ2n) is 12.1. The van der Waals surface area contributed by atoms with Crippen LogP contribution in [0.4, 0.5) is 14.9 Å². The molecule has 0 spiro atoms. The number of nitrogens with one attached hydrogen (secondary N) is 3. The minimum absolute atomic E-state index is 0.000824. The Morgan fingerprint density at radius 1 is 1.20 bits per heavy atom. The number of carboxylic acid groups (broad SMARTS) is 1. The lowest BCUT2D eigenvalue weighted by Gasteiger charge is -2.32. The molecule has 1 aromatic carbocycles. The van der Waals surface area contributed by atoms with Crippen LogP contribution in [-0.4, -0.2) is 75.8 Å². The maximum atomic E-state index is 14.4. The van der Waals surface area contributed by atoms with Crippen molar-refractivity contribution in [1.82, 2.24) is 24.8 Å². The second kappa shape index (κ2) is 14.3. The van der Waals surface area contributed by atoms with Gasteiger partial charge in [-0.3, -0.25) is 14.4 Å². The number of benzene rings is 1. The third-order valence-corrected chi connectivity index (χ3v) is 6.94. The summed E-state index contributed by atoms with van der Waals surface area (Å²) >= 11 is 0. The molecule has 2 aromatic heterocycles. The third-order valence-electron chi connectivity index (χ3n) is 6.94. The average molecular weight is 613 g/mol. The van der Waals surface area contributed by atoms with Crippen LogP contribution in [0, 0.1) is 11.2 Å². The topological polar surface area (TPSA) is 159 Å². The highest BCUT2D eigenvalue weighted by Crippen LogP contribution is 2.27. The number of imidazole rings is 1. The summed E-state index contributed by atoms with van der Waals surface area (Å²) in [6.07, 6.45) is 3.77. The molecular formula is C31H41FN6O6. The summed E-state index contributed by atoms with van der Waals surface area (Å²) in [5, 5.41) is 14.5. The van der Waals surface area contributed by atoms with Crippen molar-refractivity contribution in [2.45, 2.75) is 58.5 Å². The Hall–Kier alpha value is -4.52. The molecule has 3 rings (SSSR count). The number of amides is 3. The Labute approximate surface area is 255 Å². The quantitative estimate of drug-likeness (QED) is 0.213. The Bertz CT molecular complexity index is 1590. The van der Waals surface area contributed by atoms with E-state index in [1.165, 1.54) is 47.0 Å². The highest BCUT2D eigenvalue weighted by Gasteiger charge is 2.39. The van der Waals surface area contributed by atoms with Crippen molar-refractivity contribution in [3.63, 3.8) is 0 Å². The lowest BCUT2D eigenvalue weighted by Crippen LogP contribution is -2.57. The van der Waals surface area contributed by atoms with Gasteiger partial charge in [0, 0.05) is 40.4 Å². The van der Waals surface area contributed by atoms with E-state index < -0.39 is 23.1 Å². The van der Waals surface area contributed by atoms with Crippen molar-refractivity contribution in [1.29, 1.82) is 0 Å². The number of carbonyl (C=O) groups is 3. The SMILES string of the molecule is COCCC(CCC=CC(=O)N(C)C)(NC(=O)O)C(=O)Nc1cccn(Cc2nc3c(CC(C)(C)C)cc(F)cc3[nH]2)c1=O. The number of fused-ring (bicyclic) bond motifs is 1. The molecule has 13 heteroatoms. The van der Waals surface area contributed by atoms with Gasteiger partial charge in [0.2, 0.25) is 5.91 Å². The maximum Gasteiger partial charge on any atom is 0.405 e. The summed E-state index contributed by atoms with van der Waals surface area (Å²) in [6.45, 7) is 6.22.